The van der Waals surface area contributed by atoms with E-state index in [4.69, 9.17) is 10.5 Å². The van der Waals surface area contributed by atoms with E-state index >= 15 is 0 Å². The summed E-state index contributed by atoms with van der Waals surface area (Å²) in [5.74, 6) is 0.465. The van der Waals surface area contributed by atoms with Crippen molar-refractivity contribution in [2.75, 3.05) is 31.3 Å². The number of nitrogens with zero attached hydrogens (tertiary/aromatic N) is 4. The van der Waals surface area contributed by atoms with E-state index in [9.17, 15) is 4.79 Å². The van der Waals surface area contributed by atoms with Crippen molar-refractivity contribution in [3.63, 3.8) is 0 Å². The van der Waals surface area contributed by atoms with Gasteiger partial charge in [-0.1, -0.05) is 17.4 Å². The van der Waals surface area contributed by atoms with Crippen molar-refractivity contribution in [2.45, 2.75) is 18.9 Å². The number of fused-ring (bicyclic) bond motifs is 2. The maximum atomic E-state index is 11.6. The van der Waals surface area contributed by atoms with E-state index in [1.807, 2.05) is 12.1 Å². The lowest BCUT2D eigenvalue weighted by Crippen LogP contribution is -2.24. The highest BCUT2D eigenvalue weighted by molar-refractivity contribution is 7.22. The lowest BCUT2D eigenvalue weighted by molar-refractivity contribution is 0.0706. The lowest BCUT2D eigenvalue weighted by atomic mass is 10.1. The zero-order valence-corrected chi connectivity index (χ0v) is 17.2. The summed E-state index contributed by atoms with van der Waals surface area (Å²) in [5, 5.41) is 6.67. The summed E-state index contributed by atoms with van der Waals surface area (Å²) in [6.45, 7) is 1.49. The second-order valence-electron chi connectivity index (χ2n) is 7.16. The monoisotopic (exact) mass is 423 g/mol. The van der Waals surface area contributed by atoms with Gasteiger partial charge in [-0.05, 0) is 30.5 Å². The average molecular weight is 424 g/mol. The maximum absolute atomic E-state index is 11.6. The lowest BCUT2D eigenvalue weighted by Gasteiger charge is -2.24. The number of nitrogen functional groups attached to an aromatic ring is 1. The topological polar surface area (TPSA) is 120 Å². The molecule has 5 rings (SSSR count). The summed E-state index contributed by atoms with van der Waals surface area (Å²) in [5.41, 5.74) is 9.94. The van der Waals surface area contributed by atoms with Gasteiger partial charge in [0.1, 0.15) is 17.8 Å². The number of nitrogens with one attached hydrogen (secondary N) is 2. The first-order valence-electron chi connectivity index (χ1n) is 9.72. The molecule has 1 saturated heterocycles. The number of carbonyl (C=O) groups excluding carboxylic acids is 1. The molecule has 1 aromatic carbocycles. The average Bonchev–Trinajstić information content (AvgIpc) is 3.35. The van der Waals surface area contributed by atoms with Gasteiger partial charge in [0.25, 0.3) is 0 Å². The molecule has 0 saturated carbocycles. The molecule has 10 heteroatoms. The highest BCUT2D eigenvalue weighted by atomic mass is 32.1. The molecule has 30 heavy (non-hydrogen) atoms. The number of carbonyl (C=O) groups is 1. The normalized spacial score (nSPS) is 15.0. The van der Waals surface area contributed by atoms with Crippen LogP contribution < -0.4 is 16.4 Å². The van der Waals surface area contributed by atoms with E-state index in [1.165, 1.54) is 17.7 Å². The first kappa shape index (κ1) is 18.8. The van der Waals surface area contributed by atoms with Gasteiger partial charge >= 0.3 is 6.03 Å². The van der Waals surface area contributed by atoms with E-state index in [0.29, 0.717) is 17.0 Å². The van der Waals surface area contributed by atoms with Crippen molar-refractivity contribution < 1.29 is 9.53 Å². The van der Waals surface area contributed by atoms with Crippen LogP contribution in [0.15, 0.2) is 30.7 Å². The van der Waals surface area contributed by atoms with Crippen LogP contribution in [0.2, 0.25) is 0 Å². The predicted octanol–water partition coefficient (Wildman–Crippen LogP) is 3.39. The predicted molar refractivity (Wildman–Crippen MR) is 118 cm³/mol. The van der Waals surface area contributed by atoms with Crippen molar-refractivity contribution >= 4 is 49.6 Å². The third kappa shape index (κ3) is 3.23. The SMILES string of the molecule is CNC(=O)Nc1nc2ccc(-c3cn(C4CCOCC4)c4ncnc(N)c34)cc2s1. The second kappa shape index (κ2) is 7.54. The third-order valence-corrected chi connectivity index (χ3v) is 6.30. The van der Waals surface area contributed by atoms with E-state index in [-0.39, 0.29) is 6.03 Å². The minimum Gasteiger partial charge on any atom is -0.383 e. The van der Waals surface area contributed by atoms with Crippen LogP contribution in [0, 0.1) is 0 Å². The van der Waals surface area contributed by atoms with Gasteiger partial charge in [0.2, 0.25) is 0 Å². The van der Waals surface area contributed by atoms with Gasteiger partial charge in [0, 0.05) is 38.1 Å². The van der Waals surface area contributed by atoms with Crippen LogP contribution in [0.5, 0.6) is 0 Å². The molecule has 9 nitrogen and oxygen atoms in total. The number of ether oxygens (including phenoxy) is 1. The zero-order chi connectivity index (χ0) is 20.7. The van der Waals surface area contributed by atoms with Crippen molar-refractivity contribution in [1.82, 2.24) is 24.8 Å². The number of anilines is 2. The highest BCUT2D eigenvalue weighted by Crippen LogP contribution is 2.38. The Balaban J connectivity index is 1.61. The summed E-state index contributed by atoms with van der Waals surface area (Å²) in [7, 11) is 1.57. The van der Waals surface area contributed by atoms with Gasteiger partial charge in [0.05, 0.1) is 15.6 Å². The summed E-state index contributed by atoms with van der Waals surface area (Å²) in [4.78, 5) is 24.8. The van der Waals surface area contributed by atoms with Crippen LogP contribution in [0.1, 0.15) is 18.9 Å². The van der Waals surface area contributed by atoms with Crippen LogP contribution in [-0.4, -0.2) is 45.8 Å². The van der Waals surface area contributed by atoms with Crippen LogP contribution >= 0.6 is 11.3 Å². The maximum Gasteiger partial charge on any atom is 0.320 e. The smallest absolute Gasteiger partial charge is 0.320 e. The number of thiazole rings is 1. The van der Waals surface area contributed by atoms with Crippen LogP contribution in [-0.2, 0) is 4.74 Å². The molecular formula is C20H21N7O2S. The van der Waals surface area contributed by atoms with E-state index in [2.05, 4.69) is 42.4 Å². The number of aromatic nitrogens is 4. The molecule has 1 fully saturated rings. The Kier molecular flexibility index (Phi) is 4.72. The van der Waals surface area contributed by atoms with Gasteiger partial charge in [-0.3, -0.25) is 5.32 Å². The molecule has 2 amide bonds. The Morgan fingerprint density at radius 2 is 2.13 bits per heavy atom. The van der Waals surface area contributed by atoms with Crippen LogP contribution in [0.25, 0.3) is 32.4 Å². The molecule has 4 heterocycles. The van der Waals surface area contributed by atoms with Gasteiger partial charge in [-0.25, -0.2) is 19.7 Å². The van der Waals surface area contributed by atoms with Crippen LogP contribution in [0.3, 0.4) is 0 Å². The summed E-state index contributed by atoms with van der Waals surface area (Å²) >= 11 is 1.43. The van der Waals surface area contributed by atoms with Gasteiger partial charge in [0.15, 0.2) is 5.13 Å². The first-order valence-corrected chi connectivity index (χ1v) is 10.5. The Labute approximate surface area is 176 Å². The third-order valence-electron chi connectivity index (χ3n) is 5.37. The number of amides is 2. The fraction of sp³-hybridized carbons (Fsp3) is 0.300. The first-order chi connectivity index (χ1) is 14.6. The fourth-order valence-electron chi connectivity index (χ4n) is 3.87. The van der Waals surface area contributed by atoms with E-state index in [1.54, 1.807) is 7.05 Å². The number of nitrogens with two attached hydrogens (primary N) is 1. The van der Waals surface area contributed by atoms with Gasteiger partial charge in [-0.2, -0.15) is 0 Å². The molecule has 1 aliphatic heterocycles. The molecule has 4 aromatic rings. The van der Waals surface area contributed by atoms with E-state index < -0.39 is 0 Å². The number of hydrogen-bond acceptors (Lipinski definition) is 7. The Morgan fingerprint density at radius 3 is 2.93 bits per heavy atom. The number of hydrogen-bond donors (Lipinski definition) is 3. The summed E-state index contributed by atoms with van der Waals surface area (Å²) in [6.07, 6.45) is 5.52. The quantitative estimate of drug-likeness (QED) is 0.465. The van der Waals surface area contributed by atoms with Crippen molar-refractivity contribution in [2.24, 2.45) is 0 Å². The number of benzene rings is 1. The molecule has 0 aliphatic carbocycles. The second-order valence-corrected chi connectivity index (χ2v) is 8.19. The summed E-state index contributed by atoms with van der Waals surface area (Å²) < 4.78 is 8.71. The van der Waals surface area contributed by atoms with Gasteiger partial charge in [-0.15, -0.1) is 0 Å². The molecule has 1 aliphatic rings. The number of rotatable bonds is 3. The molecular weight excluding hydrogens is 402 g/mol. The Morgan fingerprint density at radius 1 is 1.30 bits per heavy atom. The molecule has 4 N–H and O–H groups in total. The van der Waals surface area contributed by atoms with Crippen molar-refractivity contribution in [1.29, 1.82) is 0 Å². The zero-order valence-electron chi connectivity index (χ0n) is 16.4. The Hall–Kier alpha value is -3.24. The van der Waals surface area contributed by atoms with Crippen molar-refractivity contribution in [3.05, 3.63) is 30.7 Å². The minimum absolute atomic E-state index is 0.293. The van der Waals surface area contributed by atoms with Gasteiger partial charge < -0.3 is 20.4 Å². The van der Waals surface area contributed by atoms with E-state index in [0.717, 1.165) is 58.4 Å². The highest BCUT2D eigenvalue weighted by Gasteiger charge is 2.22. The molecule has 0 radical (unpaired) electrons. The molecule has 3 aromatic heterocycles. The molecule has 0 spiro atoms. The molecule has 0 bridgehead atoms. The largest absolute Gasteiger partial charge is 0.383 e. The summed E-state index contributed by atoms with van der Waals surface area (Å²) in [6, 6.07) is 6.06. The number of urea groups is 1. The van der Waals surface area contributed by atoms with Crippen LogP contribution in [0.4, 0.5) is 15.7 Å². The molecule has 0 atom stereocenters. The standard InChI is InChI=1S/C20H21N7O2S/c1-22-19(28)26-20-25-14-3-2-11(8-15(14)30-20)13-9-27(12-4-6-29-7-5-12)18-16(13)17(21)23-10-24-18/h2-3,8-10,12H,4-7H2,1H3,(H2,21,23,24)(H2,22,25,26,28). The molecule has 154 valence electrons. The molecule has 0 unspecified atom stereocenters. The fourth-order valence-corrected chi connectivity index (χ4v) is 4.77. The van der Waals surface area contributed by atoms with Crippen molar-refractivity contribution in [3.8, 4) is 11.1 Å². The Bertz CT molecular complexity index is 1240. The minimum atomic E-state index is -0.293.